The Kier molecular flexibility index (Phi) is 15.4. The Hall–Kier alpha value is -1.38. The van der Waals surface area contributed by atoms with Gasteiger partial charge in [0.1, 0.15) is 42.6 Å². The van der Waals surface area contributed by atoms with E-state index in [2.05, 4.69) is 27.7 Å². The van der Waals surface area contributed by atoms with Crippen molar-refractivity contribution < 1.29 is 32.9 Å². The minimum atomic E-state index is -0.617. The normalized spacial score (nSPS) is 24.2. The number of ether oxygens (including phenoxy) is 5. The summed E-state index contributed by atoms with van der Waals surface area (Å²) in [7, 11) is 0. The van der Waals surface area contributed by atoms with Crippen molar-refractivity contribution in [3.8, 4) is 0 Å². The SMILES string of the molecule is CCCCOC[C@H]1O[C@@H](c2cc(F)cc(C=O)c2)[C@H](OCCCC)[C@@H](OCCCC)[C@@H]1OCCCC. The number of halogens is 1. The molecule has 206 valence electrons. The van der Waals surface area contributed by atoms with Crippen LogP contribution < -0.4 is 0 Å². The van der Waals surface area contributed by atoms with Crippen molar-refractivity contribution in [3.05, 3.63) is 35.1 Å². The first kappa shape index (κ1) is 30.8. The van der Waals surface area contributed by atoms with Gasteiger partial charge in [0.2, 0.25) is 0 Å². The van der Waals surface area contributed by atoms with Gasteiger partial charge in [-0.1, -0.05) is 53.4 Å². The number of carbonyl (C=O) groups is 1. The molecule has 1 heterocycles. The molecule has 0 amide bonds. The summed E-state index contributed by atoms with van der Waals surface area (Å²) in [5.41, 5.74) is 0.828. The van der Waals surface area contributed by atoms with Gasteiger partial charge in [0.15, 0.2) is 0 Å². The van der Waals surface area contributed by atoms with Gasteiger partial charge in [0.25, 0.3) is 0 Å². The molecule has 1 aromatic carbocycles. The van der Waals surface area contributed by atoms with Crippen LogP contribution >= 0.6 is 0 Å². The van der Waals surface area contributed by atoms with Gasteiger partial charge in [0, 0.05) is 32.0 Å². The predicted octanol–water partition coefficient (Wildman–Crippen LogP) is 6.45. The average Bonchev–Trinajstić information content (AvgIpc) is 2.88. The predicted molar refractivity (Wildman–Crippen MR) is 139 cm³/mol. The highest BCUT2D eigenvalue weighted by atomic mass is 19.1. The molecule has 36 heavy (non-hydrogen) atoms. The number of rotatable bonds is 19. The molecule has 1 fully saturated rings. The van der Waals surface area contributed by atoms with E-state index in [1.54, 1.807) is 6.07 Å². The van der Waals surface area contributed by atoms with Crippen molar-refractivity contribution in [1.82, 2.24) is 0 Å². The standard InChI is InChI=1S/C29H47FO6/c1-5-9-13-32-21-25-27(33-14-10-6-2)29(35-16-12-8-4)28(34-15-11-7-3)26(36-25)23-17-22(20-31)18-24(30)19-23/h17-20,25-29H,5-16,21H2,1-4H3/t25-,26+,27-,28+,29+/m1/s1. The molecule has 2 rings (SSSR count). The van der Waals surface area contributed by atoms with Gasteiger partial charge in [-0.15, -0.1) is 0 Å². The van der Waals surface area contributed by atoms with E-state index in [0.29, 0.717) is 44.9 Å². The average molecular weight is 511 g/mol. The fourth-order valence-corrected chi connectivity index (χ4v) is 4.30. The minimum Gasteiger partial charge on any atom is -0.379 e. The summed E-state index contributed by atoms with van der Waals surface area (Å²) >= 11 is 0. The van der Waals surface area contributed by atoms with Crippen LogP contribution in [0.3, 0.4) is 0 Å². The molecule has 5 atom stereocenters. The third kappa shape index (κ3) is 9.82. The maximum absolute atomic E-state index is 14.5. The van der Waals surface area contributed by atoms with Crippen molar-refractivity contribution in [1.29, 1.82) is 0 Å². The Balaban J connectivity index is 2.44. The van der Waals surface area contributed by atoms with Crippen LogP contribution in [-0.4, -0.2) is 63.7 Å². The van der Waals surface area contributed by atoms with Crippen molar-refractivity contribution in [3.63, 3.8) is 0 Å². The maximum atomic E-state index is 14.5. The van der Waals surface area contributed by atoms with E-state index in [4.69, 9.17) is 23.7 Å². The molecule has 1 saturated heterocycles. The molecule has 0 unspecified atom stereocenters. The highest BCUT2D eigenvalue weighted by molar-refractivity contribution is 5.75. The van der Waals surface area contributed by atoms with Crippen LogP contribution in [0.15, 0.2) is 18.2 Å². The Labute approximate surface area is 217 Å². The lowest BCUT2D eigenvalue weighted by molar-refractivity contribution is -0.268. The molecular formula is C29H47FO6. The first-order chi connectivity index (χ1) is 17.6. The molecule has 1 aliphatic rings. The number of carbonyl (C=O) groups excluding carboxylic acids is 1. The number of aldehydes is 1. The van der Waals surface area contributed by atoms with Crippen LogP contribution in [0.4, 0.5) is 4.39 Å². The fourth-order valence-electron chi connectivity index (χ4n) is 4.30. The molecule has 0 bridgehead atoms. The lowest BCUT2D eigenvalue weighted by Gasteiger charge is -2.46. The lowest BCUT2D eigenvalue weighted by Crippen LogP contribution is -2.58. The molecule has 0 N–H and O–H groups in total. The molecular weight excluding hydrogens is 463 g/mol. The number of hydrogen-bond acceptors (Lipinski definition) is 6. The third-order valence-electron chi connectivity index (χ3n) is 6.39. The second-order valence-electron chi connectivity index (χ2n) is 9.53. The second kappa shape index (κ2) is 18.0. The van der Waals surface area contributed by atoms with Crippen LogP contribution in [0.1, 0.15) is 101 Å². The van der Waals surface area contributed by atoms with Gasteiger partial charge in [0.05, 0.1) is 6.61 Å². The molecule has 0 radical (unpaired) electrons. The monoisotopic (exact) mass is 510 g/mol. The van der Waals surface area contributed by atoms with E-state index in [-0.39, 0.29) is 11.7 Å². The van der Waals surface area contributed by atoms with Crippen molar-refractivity contribution in [2.45, 2.75) is 110 Å². The topological polar surface area (TPSA) is 63.2 Å². The summed E-state index contributed by atoms with van der Waals surface area (Å²) < 4.78 is 46.3. The van der Waals surface area contributed by atoms with Crippen LogP contribution in [0.25, 0.3) is 0 Å². The zero-order valence-corrected chi connectivity index (χ0v) is 22.7. The highest BCUT2D eigenvalue weighted by Gasteiger charge is 2.48. The molecule has 0 saturated carbocycles. The molecule has 0 spiro atoms. The first-order valence-electron chi connectivity index (χ1n) is 13.9. The van der Waals surface area contributed by atoms with Crippen LogP contribution in [0.2, 0.25) is 0 Å². The van der Waals surface area contributed by atoms with Crippen molar-refractivity contribution in [2.75, 3.05) is 33.0 Å². The van der Waals surface area contributed by atoms with Gasteiger partial charge in [-0.25, -0.2) is 4.39 Å². The summed E-state index contributed by atoms with van der Waals surface area (Å²) in [5, 5.41) is 0. The van der Waals surface area contributed by atoms with Crippen LogP contribution in [0.5, 0.6) is 0 Å². The summed E-state index contributed by atoms with van der Waals surface area (Å²) in [6.45, 7) is 11.2. The van der Waals surface area contributed by atoms with E-state index in [1.165, 1.54) is 12.1 Å². The zero-order chi connectivity index (χ0) is 26.2. The quantitative estimate of drug-likeness (QED) is 0.157. The smallest absolute Gasteiger partial charge is 0.150 e. The Bertz CT molecular complexity index is 730. The largest absolute Gasteiger partial charge is 0.379 e. The van der Waals surface area contributed by atoms with Crippen molar-refractivity contribution >= 4 is 6.29 Å². The summed E-state index contributed by atoms with van der Waals surface area (Å²) in [5.74, 6) is -0.481. The van der Waals surface area contributed by atoms with E-state index in [1.807, 2.05) is 0 Å². The number of hydrogen-bond donors (Lipinski definition) is 0. The third-order valence-corrected chi connectivity index (χ3v) is 6.39. The molecule has 1 aliphatic heterocycles. The molecule has 7 heteroatoms. The van der Waals surface area contributed by atoms with Gasteiger partial charge < -0.3 is 23.7 Å². The van der Waals surface area contributed by atoms with Gasteiger partial charge in [-0.3, -0.25) is 4.79 Å². The minimum absolute atomic E-state index is 0.265. The Morgan fingerprint density at radius 2 is 1.33 bits per heavy atom. The molecule has 0 aliphatic carbocycles. The zero-order valence-electron chi connectivity index (χ0n) is 22.7. The molecule has 1 aromatic rings. The summed E-state index contributed by atoms with van der Waals surface area (Å²) in [6, 6.07) is 4.32. The van der Waals surface area contributed by atoms with Crippen molar-refractivity contribution in [2.24, 2.45) is 0 Å². The maximum Gasteiger partial charge on any atom is 0.150 e. The highest BCUT2D eigenvalue weighted by Crippen LogP contribution is 2.38. The summed E-state index contributed by atoms with van der Waals surface area (Å²) in [4.78, 5) is 11.5. The van der Waals surface area contributed by atoms with E-state index >= 15 is 0 Å². The Morgan fingerprint density at radius 3 is 1.92 bits per heavy atom. The lowest BCUT2D eigenvalue weighted by atomic mass is 9.89. The fraction of sp³-hybridized carbons (Fsp3) is 0.759. The first-order valence-corrected chi connectivity index (χ1v) is 13.9. The number of unbranched alkanes of at least 4 members (excludes halogenated alkanes) is 4. The van der Waals surface area contributed by atoms with Gasteiger partial charge in [-0.2, -0.15) is 0 Å². The summed E-state index contributed by atoms with van der Waals surface area (Å²) in [6.07, 6.45) is 6.07. The second-order valence-corrected chi connectivity index (χ2v) is 9.53. The van der Waals surface area contributed by atoms with E-state index in [9.17, 15) is 9.18 Å². The van der Waals surface area contributed by atoms with Gasteiger partial charge in [-0.05, 0) is 49.4 Å². The van der Waals surface area contributed by atoms with Crippen LogP contribution in [0, 0.1) is 5.82 Å². The molecule has 0 aromatic heterocycles. The van der Waals surface area contributed by atoms with Gasteiger partial charge >= 0.3 is 0 Å². The van der Waals surface area contributed by atoms with Crippen LogP contribution in [-0.2, 0) is 23.7 Å². The van der Waals surface area contributed by atoms with E-state index < -0.39 is 30.2 Å². The number of benzene rings is 1. The Morgan fingerprint density at radius 1 is 0.778 bits per heavy atom. The van der Waals surface area contributed by atoms with E-state index in [0.717, 1.165) is 51.4 Å². The molecule has 6 nitrogen and oxygen atoms in total.